The summed E-state index contributed by atoms with van der Waals surface area (Å²) in [5.41, 5.74) is 0. The molecule has 0 amide bonds. The first kappa shape index (κ1) is 15.7. The van der Waals surface area contributed by atoms with Crippen LogP contribution >= 0.6 is 0 Å². The van der Waals surface area contributed by atoms with Gasteiger partial charge in [-0.15, -0.1) is 0 Å². The fourth-order valence-electron chi connectivity index (χ4n) is 2.73. The van der Waals surface area contributed by atoms with E-state index in [-0.39, 0.29) is 12.0 Å². The van der Waals surface area contributed by atoms with Crippen molar-refractivity contribution in [2.45, 2.75) is 44.7 Å². The molecule has 1 N–H and O–H groups in total. The lowest BCUT2D eigenvalue weighted by molar-refractivity contribution is -0.146. The van der Waals surface area contributed by atoms with Gasteiger partial charge in [0.05, 0.1) is 6.61 Å². The number of carbonyl (C=O) groups excluding carboxylic acids is 1. The zero-order chi connectivity index (χ0) is 14.4. The highest BCUT2D eigenvalue weighted by Crippen LogP contribution is 2.20. The molecule has 0 aromatic carbocycles. The Kier molecular flexibility index (Phi) is 6.26. The van der Waals surface area contributed by atoms with Crippen LogP contribution in [-0.2, 0) is 14.3 Å². The van der Waals surface area contributed by atoms with Crippen LogP contribution in [0, 0.1) is 5.92 Å². The molecular formula is C15H28N2O3. The van der Waals surface area contributed by atoms with E-state index in [4.69, 9.17) is 9.47 Å². The molecule has 20 heavy (non-hydrogen) atoms. The number of rotatable bonds is 8. The third-order valence-corrected chi connectivity index (χ3v) is 3.99. The summed E-state index contributed by atoms with van der Waals surface area (Å²) in [5.74, 6) is 0.579. The van der Waals surface area contributed by atoms with E-state index in [1.807, 2.05) is 6.92 Å². The molecule has 116 valence electrons. The Morgan fingerprint density at radius 2 is 2.05 bits per heavy atom. The SMILES string of the molecule is CCOC(=O)C(CN(C)CC1CCOCC1)NC1CC1. The van der Waals surface area contributed by atoms with Gasteiger partial charge in [0, 0.05) is 32.3 Å². The average molecular weight is 284 g/mol. The molecule has 0 spiro atoms. The zero-order valence-electron chi connectivity index (χ0n) is 12.8. The number of hydrogen-bond donors (Lipinski definition) is 1. The summed E-state index contributed by atoms with van der Waals surface area (Å²) in [6.45, 7) is 5.82. The van der Waals surface area contributed by atoms with E-state index in [2.05, 4.69) is 17.3 Å². The minimum absolute atomic E-state index is 0.113. The number of hydrogen-bond acceptors (Lipinski definition) is 5. The van der Waals surface area contributed by atoms with Crippen LogP contribution in [0.25, 0.3) is 0 Å². The fraction of sp³-hybridized carbons (Fsp3) is 0.933. The van der Waals surface area contributed by atoms with E-state index < -0.39 is 0 Å². The van der Waals surface area contributed by atoms with Crippen LogP contribution in [0.15, 0.2) is 0 Å². The molecule has 1 aliphatic carbocycles. The van der Waals surface area contributed by atoms with E-state index in [1.165, 1.54) is 12.8 Å². The van der Waals surface area contributed by atoms with Crippen LogP contribution in [0.5, 0.6) is 0 Å². The standard InChI is InChI=1S/C15H28N2O3/c1-3-20-15(18)14(16-13-4-5-13)11-17(2)10-12-6-8-19-9-7-12/h12-14,16H,3-11H2,1-2H3. The summed E-state index contributed by atoms with van der Waals surface area (Å²) in [7, 11) is 2.09. The molecule has 5 heteroatoms. The minimum Gasteiger partial charge on any atom is -0.465 e. The summed E-state index contributed by atoms with van der Waals surface area (Å²) >= 11 is 0. The van der Waals surface area contributed by atoms with Crippen molar-refractivity contribution < 1.29 is 14.3 Å². The first-order chi connectivity index (χ1) is 9.69. The van der Waals surface area contributed by atoms with Gasteiger partial charge in [-0.2, -0.15) is 0 Å². The molecule has 0 aromatic heterocycles. The van der Waals surface area contributed by atoms with Gasteiger partial charge in [0.1, 0.15) is 6.04 Å². The van der Waals surface area contributed by atoms with E-state index >= 15 is 0 Å². The van der Waals surface area contributed by atoms with Crippen LogP contribution in [0.3, 0.4) is 0 Å². The van der Waals surface area contributed by atoms with Gasteiger partial charge in [0.25, 0.3) is 0 Å². The predicted molar refractivity (Wildman–Crippen MR) is 77.6 cm³/mol. The summed E-state index contributed by atoms with van der Waals surface area (Å²) in [4.78, 5) is 14.3. The smallest absolute Gasteiger partial charge is 0.324 e. The van der Waals surface area contributed by atoms with Gasteiger partial charge in [-0.1, -0.05) is 0 Å². The Hall–Kier alpha value is -0.650. The molecule has 1 unspecified atom stereocenters. The first-order valence-electron chi connectivity index (χ1n) is 7.88. The highest BCUT2D eigenvalue weighted by atomic mass is 16.5. The molecule has 2 rings (SSSR count). The van der Waals surface area contributed by atoms with Gasteiger partial charge in [-0.3, -0.25) is 4.79 Å². The van der Waals surface area contributed by atoms with Gasteiger partial charge in [-0.05, 0) is 45.6 Å². The zero-order valence-corrected chi connectivity index (χ0v) is 12.8. The molecule has 5 nitrogen and oxygen atoms in total. The van der Waals surface area contributed by atoms with E-state index in [1.54, 1.807) is 0 Å². The molecule has 0 radical (unpaired) electrons. The first-order valence-corrected chi connectivity index (χ1v) is 7.88. The average Bonchev–Trinajstić information content (AvgIpc) is 3.23. The van der Waals surface area contributed by atoms with Gasteiger partial charge in [0.2, 0.25) is 0 Å². The van der Waals surface area contributed by atoms with Crippen molar-refractivity contribution in [2.24, 2.45) is 5.92 Å². The summed E-state index contributed by atoms with van der Waals surface area (Å²) < 4.78 is 10.6. The van der Waals surface area contributed by atoms with Crippen LogP contribution in [0.2, 0.25) is 0 Å². The Morgan fingerprint density at radius 1 is 1.35 bits per heavy atom. The molecule has 2 aliphatic rings. The number of nitrogens with one attached hydrogen (secondary N) is 1. The van der Waals surface area contributed by atoms with Crippen LogP contribution in [0.4, 0.5) is 0 Å². The van der Waals surface area contributed by atoms with Crippen LogP contribution in [-0.4, -0.2) is 62.9 Å². The molecule has 1 heterocycles. The summed E-state index contributed by atoms with van der Waals surface area (Å²) in [5, 5.41) is 3.40. The Labute approximate surface area is 122 Å². The van der Waals surface area contributed by atoms with Gasteiger partial charge < -0.3 is 19.7 Å². The summed E-state index contributed by atoms with van der Waals surface area (Å²) in [6, 6.07) is 0.327. The van der Waals surface area contributed by atoms with Crippen molar-refractivity contribution in [1.82, 2.24) is 10.2 Å². The van der Waals surface area contributed by atoms with Crippen LogP contribution in [0.1, 0.15) is 32.6 Å². The quantitative estimate of drug-likeness (QED) is 0.675. The van der Waals surface area contributed by atoms with Crippen molar-refractivity contribution in [3.8, 4) is 0 Å². The molecule has 0 aromatic rings. The molecule has 1 saturated heterocycles. The maximum absolute atomic E-state index is 12.0. The molecule has 1 aliphatic heterocycles. The lowest BCUT2D eigenvalue weighted by Gasteiger charge is -2.29. The Bertz CT molecular complexity index is 301. The lowest BCUT2D eigenvalue weighted by Crippen LogP contribution is -2.48. The van der Waals surface area contributed by atoms with Crippen molar-refractivity contribution in [2.75, 3.05) is 40.0 Å². The van der Waals surface area contributed by atoms with Crippen molar-refractivity contribution in [3.05, 3.63) is 0 Å². The predicted octanol–water partition coefficient (Wildman–Crippen LogP) is 1.03. The topological polar surface area (TPSA) is 50.8 Å². The van der Waals surface area contributed by atoms with Crippen LogP contribution < -0.4 is 5.32 Å². The molecule has 1 saturated carbocycles. The van der Waals surface area contributed by atoms with Gasteiger partial charge in [0.15, 0.2) is 0 Å². The number of esters is 1. The van der Waals surface area contributed by atoms with E-state index in [0.717, 1.165) is 39.1 Å². The van der Waals surface area contributed by atoms with E-state index in [0.29, 0.717) is 18.6 Å². The number of carbonyl (C=O) groups is 1. The number of nitrogens with zero attached hydrogens (tertiary/aromatic N) is 1. The second-order valence-electron chi connectivity index (χ2n) is 6.02. The maximum atomic E-state index is 12.0. The second-order valence-corrected chi connectivity index (χ2v) is 6.02. The van der Waals surface area contributed by atoms with Gasteiger partial charge in [-0.25, -0.2) is 0 Å². The van der Waals surface area contributed by atoms with E-state index in [9.17, 15) is 4.79 Å². The molecule has 0 bridgehead atoms. The molecule has 1 atom stereocenters. The number of ether oxygens (including phenoxy) is 2. The largest absolute Gasteiger partial charge is 0.465 e. The van der Waals surface area contributed by atoms with Crippen molar-refractivity contribution in [1.29, 1.82) is 0 Å². The minimum atomic E-state index is -0.188. The maximum Gasteiger partial charge on any atom is 0.324 e. The third kappa shape index (κ3) is 5.38. The lowest BCUT2D eigenvalue weighted by atomic mass is 10.00. The monoisotopic (exact) mass is 284 g/mol. The van der Waals surface area contributed by atoms with Crippen molar-refractivity contribution in [3.63, 3.8) is 0 Å². The Morgan fingerprint density at radius 3 is 2.65 bits per heavy atom. The second kappa shape index (κ2) is 7.96. The highest BCUT2D eigenvalue weighted by Gasteiger charge is 2.30. The Balaban J connectivity index is 1.77. The third-order valence-electron chi connectivity index (χ3n) is 3.99. The van der Waals surface area contributed by atoms with Gasteiger partial charge >= 0.3 is 5.97 Å². The fourth-order valence-corrected chi connectivity index (χ4v) is 2.73. The number of likely N-dealkylation sites (N-methyl/N-ethyl adjacent to an activating group) is 1. The summed E-state index contributed by atoms with van der Waals surface area (Å²) in [6.07, 6.45) is 4.62. The normalized spacial score (nSPS) is 21.9. The highest BCUT2D eigenvalue weighted by molar-refractivity contribution is 5.76. The molecular weight excluding hydrogens is 256 g/mol. The molecule has 2 fully saturated rings. The van der Waals surface area contributed by atoms with Crippen molar-refractivity contribution >= 4 is 5.97 Å².